The van der Waals surface area contributed by atoms with Gasteiger partial charge in [0, 0.05) is 75.3 Å². The molecule has 5 rings (SSSR count). The number of carbonyl (C=O) groups excluding carboxylic acids is 1. The summed E-state index contributed by atoms with van der Waals surface area (Å²) in [7, 11) is -4.08. The molecule has 3 fully saturated rings. The molecule has 2 unspecified atom stereocenters. The largest absolute Gasteiger partial charge is 0.430 e. The fourth-order valence-corrected chi connectivity index (χ4v) is 7.13. The molecule has 2 aromatic heterocycles. The Balaban J connectivity index is 1.47. The number of ketones is 1. The maximum Gasteiger partial charge on any atom is 0.430 e. The van der Waals surface area contributed by atoms with Crippen LogP contribution in [0.25, 0.3) is 0 Å². The quantitative estimate of drug-likeness (QED) is 0.364. The molecule has 2 bridgehead atoms. The molecule has 3 aliphatic rings. The van der Waals surface area contributed by atoms with Gasteiger partial charge in [-0.25, -0.2) is 23.4 Å². The monoisotopic (exact) mass is 658 g/mol. The van der Waals surface area contributed by atoms with E-state index in [4.69, 9.17) is 16.3 Å². The predicted molar refractivity (Wildman–Crippen MR) is 137 cm³/mol. The second kappa shape index (κ2) is 11.4. The highest BCUT2D eigenvalue weighted by molar-refractivity contribution is 7.89. The summed E-state index contributed by atoms with van der Waals surface area (Å²) in [6.45, 7) is 0.312. The van der Waals surface area contributed by atoms with Gasteiger partial charge in [-0.15, -0.1) is 0 Å². The minimum atomic E-state index is -6.11. The Morgan fingerprint density at radius 3 is 2.09 bits per heavy atom. The van der Waals surface area contributed by atoms with Crippen LogP contribution in [-0.4, -0.2) is 113 Å². The number of Topliss-reactive ketones (excluding diaryl/α,β-unsaturated/α-hetero) is 1. The third-order valence-corrected chi connectivity index (χ3v) is 9.90. The summed E-state index contributed by atoms with van der Waals surface area (Å²) in [5.74, 6) is -0.213. The van der Waals surface area contributed by atoms with Gasteiger partial charge in [-0.1, -0.05) is 11.6 Å². The molecule has 0 amide bonds. The van der Waals surface area contributed by atoms with E-state index < -0.39 is 39.6 Å². The number of fused-ring (bicyclic) bond motifs is 2. The van der Waals surface area contributed by atoms with E-state index >= 15 is 0 Å². The lowest BCUT2D eigenvalue weighted by Gasteiger charge is -2.49. The number of anilines is 1. The molecule has 3 saturated heterocycles. The van der Waals surface area contributed by atoms with Crippen molar-refractivity contribution < 1.29 is 49.4 Å². The van der Waals surface area contributed by atoms with E-state index in [1.807, 2.05) is 4.90 Å². The minimum Gasteiger partial charge on any atom is -0.378 e. The van der Waals surface area contributed by atoms with Crippen LogP contribution in [0.4, 0.5) is 32.3 Å². The summed E-state index contributed by atoms with van der Waals surface area (Å²) in [6, 6.07) is 1.26. The van der Waals surface area contributed by atoms with Crippen LogP contribution in [0.15, 0.2) is 35.6 Å². The molecule has 0 aromatic carbocycles. The third kappa shape index (κ3) is 5.92. The van der Waals surface area contributed by atoms with Crippen molar-refractivity contribution in [2.75, 3.05) is 44.3 Å². The fourth-order valence-electron chi connectivity index (χ4n) is 5.61. The van der Waals surface area contributed by atoms with Gasteiger partial charge in [0.05, 0.1) is 19.3 Å². The Labute approximate surface area is 246 Å². The Morgan fingerprint density at radius 1 is 0.953 bits per heavy atom. The van der Waals surface area contributed by atoms with Gasteiger partial charge in [-0.3, -0.25) is 9.69 Å². The number of nitrogens with zero attached hydrogens (tertiary/aromatic N) is 6. The molecule has 0 spiro atoms. The lowest BCUT2D eigenvalue weighted by Crippen LogP contribution is -2.64. The van der Waals surface area contributed by atoms with E-state index in [0.29, 0.717) is 0 Å². The van der Waals surface area contributed by atoms with Gasteiger partial charge in [0.25, 0.3) is 5.60 Å². The van der Waals surface area contributed by atoms with Gasteiger partial charge in [0.2, 0.25) is 16.0 Å². The van der Waals surface area contributed by atoms with Crippen LogP contribution in [0.2, 0.25) is 5.15 Å². The van der Waals surface area contributed by atoms with E-state index in [1.165, 1.54) is 21.3 Å². The number of hydrogen-bond acceptors (Lipinski definition) is 10. The number of morpholine rings is 1. The number of piperazine rings is 1. The smallest absolute Gasteiger partial charge is 0.378 e. The van der Waals surface area contributed by atoms with E-state index in [9.17, 15) is 44.7 Å². The minimum absolute atomic E-state index is 0.0511. The van der Waals surface area contributed by atoms with Gasteiger partial charge < -0.3 is 14.7 Å². The Kier molecular flexibility index (Phi) is 8.40. The number of halogens is 7. The molecule has 0 radical (unpaired) electrons. The number of piperidine rings is 1. The number of pyridine rings is 1. The zero-order chi connectivity index (χ0) is 31.4. The maximum absolute atomic E-state index is 13.4. The van der Waals surface area contributed by atoms with Crippen molar-refractivity contribution in [3.63, 3.8) is 0 Å². The summed E-state index contributed by atoms with van der Waals surface area (Å²) in [5.41, 5.74) is -6.82. The van der Waals surface area contributed by atoms with Gasteiger partial charge >= 0.3 is 12.4 Å². The molecular weight excluding hydrogens is 634 g/mol. The van der Waals surface area contributed by atoms with Crippen molar-refractivity contribution in [2.24, 2.45) is 0 Å². The average Bonchev–Trinajstić information content (AvgIpc) is 2.92. The van der Waals surface area contributed by atoms with Gasteiger partial charge in [-0.05, 0) is 12.1 Å². The average molecular weight is 659 g/mol. The molecule has 11 nitrogen and oxygen atoms in total. The van der Waals surface area contributed by atoms with Crippen LogP contribution in [0.3, 0.4) is 0 Å². The summed E-state index contributed by atoms with van der Waals surface area (Å²) in [6.07, 6.45) is -10.2. The number of aromatic nitrogens is 3. The van der Waals surface area contributed by atoms with Crippen LogP contribution < -0.4 is 4.90 Å². The van der Waals surface area contributed by atoms with E-state index in [1.54, 1.807) is 0 Å². The normalized spacial score (nSPS) is 24.8. The fraction of sp³-hybridized carbons (Fsp3) is 0.583. The molecule has 3 atom stereocenters. The molecule has 0 saturated carbocycles. The number of carbonyl (C=O) groups is 1. The number of rotatable bonds is 6. The van der Waals surface area contributed by atoms with Crippen LogP contribution in [-0.2, 0) is 25.2 Å². The zero-order valence-corrected chi connectivity index (χ0v) is 23.7. The lowest BCUT2D eigenvalue weighted by atomic mass is 9.92. The second-order valence-electron chi connectivity index (χ2n) is 10.5. The zero-order valence-electron chi connectivity index (χ0n) is 22.1. The highest BCUT2D eigenvalue weighted by Crippen LogP contribution is 2.49. The van der Waals surface area contributed by atoms with Crippen molar-refractivity contribution >= 4 is 33.4 Å². The third-order valence-electron chi connectivity index (χ3n) is 7.82. The topological polar surface area (TPSA) is 129 Å². The van der Waals surface area contributed by atoms with Gasteiger partial charge in [-0.2, -0.15) is 30.6 Å². The molecular formula is C24H25ClF6N6O5S. The summed E-state index contributed by atoms with van der Waals surface area (Å²) >= 11 is 5.79. The first-order valence-electron chi connectivity index (χ1n) is 12.9. The molecule has 1 N–H and O–H groups in total. The highest BCUT2D eigenvalue weighted by Gasteiger charge is 2.71. The van der Waals surface area contributed by atoms with Crippen LogP contribution in [0.5, 0.6) is 0 Å². The first kappa shape index (κ1) is 31.8. The SMILES string of the molecule is O=C1CC2COCC(C1)N2C[C@H]1CN(S(=O)(=O)c2ccc(Cl)nc2)CCN1c1ncc(C(O)(C(F)(F)F)C(F)(F)F)cn1. The number of aliphatic hydroxyl groups is 1. The first-order chi connectivity index (χ1) is 20.0. The van der Waals surface area contributed by atoms with Gasteiger partial charge in [0.1, 0.15) is 15.8 Å². The number of alkyl halides is 6. The maximum atomic E-state index is 13.4. The van der Waals surface area contributed by atoms with E-state index in [0.717, 1.165) is 6.20 Å². The highest BCUT2D eigenvalue weighted by atomic mass is 35.5. The molecule has 236 valence electrons. The number of hydrogen-bond donors (Lipinski definition) is 1. The first-order valence-corrected chi connectivity index (χ1v) is 14.8. The molecule has 2 aromatic rings. The van der Waals surface area contributed by atoms with Crippen LogP contribution in [0, 0.1) is 0 Å². The summed E-state index contributed by atoms with van der Waals surface area (Å²) in [4.78, 5) is 26.9. The Morgan fingerprint density at radius 2 is 1.56 bits per heavy atom. The van der Waals surface area contributed by atoms with Crippen molar-refractivity contribution in [1.82, 2.24) is 24.2 Å². The van der Waals surface area contributed by atoms with Crippen molar-refractivity contribution in [3.05, 3.63) is 41.4 Å². The summed E-state index contributed by atoms with van der Waals surface area (Å²) < 4.78 is 114. The van der Waals surface area contributed by atoms with E-state index in [2.05, 4.69) is 15.0 Å². The lowest BCUT2D eigenvalue weighted by molar-refractivity contribution is -0.376. The summed E-state index contributed by atoms with van der Waals surface area (Å²) in [5, 5.41) is 9.79. The van der Waals surface area contributed by atoms with Crippen molar-refractivity contribution in [2.45, 2.75) is 53.8 Å². The number of sulfonamides is 1. The van der Waals surface area contributed by atoms with E-state index in [-0.39, 0.29) is 98.5 Å². The number of ether oxygens (including phenoxy) is 1. The van der Waals surface area contributed by atoms with Crippen molar-refractivity contribution in [3.8, 4) is 0 Å². The molecule has 43 heavy (non-hydrogen) atoms. The molecule has 19 heteroatoms. The van der Waals surface area contributed by atoms with Crippen LogP contribution >= 0.6 is 11.6 Å². The Bertz CT molecular complexity index is 1420. The predicted octanol–water partition coefficient (Wildman–Crippen LogP) is 2.15. The molecule has 5 heterocycles. The molecule has 3 aliphatic heterocycles. The van der Waals surface area contributed by atoms with Crippen LogP contribution in [0.1, 0.15) is 18.4 Å². The molecule has 0 aliphatic carbocycles. The Hall–Kier alpha value is -2.64. The standard InChI is InChI=1S/C24H25ClF6N6O5S/c25-20-2-1-19(9-32-20)43(40,41)35-3-4-36(17(10-35)11-37-15-5-18(38)6-16(37)13-42-12-15)21-33-7-14(8-34-21)22(39,23(26,27)28)24(29,30)31/h1-2,7-9,15-17,39H,3-6,10-13H2/t15?,16?,17-/m1/s1. The van der Waals surface area contributed by atoms with Crippen molar-refractivity contribution in [1.29, 1.82) is 0 Å². The van der Waals surface area contributed by atoms with Gasteiger partial charge in [0.15, 0.2) is 0 Å². The second-order valence-corrected chi connectivity index (χ2v) is 12.8.